The molecule has 3 N–H and O–H groups in total. The third kappa shape index (κ3) is 6.64. The summed E-state index contributed by atoms with van der Waals surface area (Å²) in [6, 6.07) is 17.0. The molecule has 38 heavy (non-hydrogen) atoms. The van der Waals surface area contributed by atoms with Gasteiger partial charge < -0.3 is 15.5 Å². The fraction of sp³-hybridized carbons (Fsp3) is 0.357. The molecule has 200 valence electrons. The molecule has 1 aliphatic heterocycles. The summed E-state index contributed by atoms with van der Waals surface area (Å²) < 4.78 is 0. The molecule has 0 saturated heterocycles. The normalized spacial score (nSPS) is 12.7. The summed E-state index contributed by atoms with van der Waals surface area (Å²) in [6.07, 6.45) is 0. The lowest BCUT2D eigenvalue weighted by atomic mass is 10.1. The zero-order valence-electron chi connectivity index (χ0n) is 22.2. The molecule has 3 aromatic rings. The maximum atomic E-state index is 13.2. The van der Waals surface area contributed by atoms with Crippen LogP contribution in [0.3, 0.4) is 0 Å². The monoisotopic (exact) mass is 517 g/mol. The summed E-state index contributed by atoms with van der Waals surface area (Å²) in [7, 11) is 1.77. The fourth-order valence-corrected chi connectivity index (χ4v) is 4.44. The Morgan fingerprint density at radius 1 is 1.05 bits per heavy atom. The summed E-state index contributed by atoms with van der Waals surface area (Å²) in [5, 5.41) is 16.6. The highest BCUT2D eigenvalue weighted by atomic mass is 16.2. The standard InChI is InChI=1S/C28H35N7O3/c1-4-29-13-14-34(19-28(38)33(3)35-17-22-7-5-6-8-23(22)18-35)27(37)16-30-24-10-9-21(15-20(24)2)25-11-12-26(36)32-31-25/h5-12,15,29-30H,4,13-14,16-19H2,1-3H3,(H,32,36). The second-order valence-electron chi connectivity index (χ2n) is 9.37. The van der Waals surface area contributed by atoms with E-state index in [1.54, 1.807) is 23.0 Å². The Morgan fingerprint density at radius 2 is 1.79 bits per heavy atom. The van der Waals surface area contributed by atoms with Crippen molar-refractivity contribution in [3.8, 4) is 11.3 Å². The topological polar surface area (TPSA) is 114 Å². The van der Waals surface area contributed by atoms with Gasteiger partial charge in [0.05, 0.1) is 12.2 Å². The van der Waals surface area contributed by atoms with Crippen LogP contribution in [0, 0.1) is 6.92 Å². The molecule has 2 aromatic carbocycles. The number of aryl methyl sites for hydroxylation is 1. The van der Waals surface area contributed by atoms with Crippen molar-refractivity contribution in [1.29, 1.82) is 0 Å². The summed E-state index contributed by atoms with van der Waals surface area (Å²) >= 11 is 0. The van der Waals surface area contributed by atoms with Gasteiger partial charge in [-0.3, -0.25) is 19.4 Å². The number of hydrogen-bond acceptors (Lipinski definition) is 7. The Balaban J connectivity index is 1.37. The van der Waals surface area contributed by atoms with Gasteiger partial charge in [-0.1, -0.05) is 37.3 Å². The van der Waals surface area contributed by atoms with Gasteiger partial charge in [0.25, 0.3) is 11.5 Å². The van der Waals surface area contributed by atoms with E-state index in [1.807, 2.05) is 49.2 Å². The van der Waals surface area contributed by atoms with Crippen LogP contribution in [-0.4, -0.2) is 76.7 Å². The van der Waals surface area contributed by atoms with Crippen molar-refractivity contribution in [2.45, 2.75) is 26.9 Å². The molecule has 0 aliphatic carbocycles. The van der Waals surface area contributed by atoms with Gasteiger partial charge in [0.2, 0.25) is 5.91 Å². The Hall–Kier alpha value is -4.02. The molecule has 2 amide bonds. The number of nitrogens with zero attached hydrogens (tertiary/aromatic N) is 4. The summed E-state index contributed by atoms with van der Waals surface area (Å²) in [6.45, 7) is 7.20. The van der Waals surface area contributed by atoms with E-state index in [1.165, 1.54) is 17.2 Å². The molecular weight excluding hydrogens is 482 g/mol. The van der Waals surface area contributed by atoms with E-state index < -0.39 is 0 Å². The highest BCUT2D eigenvalue weighted by Crippen LogP contribution is 2.24. The molecule has 0 atom stereocenters. The first-order chi connectivity index (χ1) is 18.4. The third-order valence-corrected chi connectivity index (χ3v) is 6.73. The highest BCUT2D eigenvalue weighted by Gasteiger charge is 2.27. The van der Waals surface area contributed by atoms with E-state index in [2.05, 4.69) is 33.0 Å². The minimum Gasteiger partial charge on any atom is -0.376 e. The molecule has 1 aromatic heterocycles. The molecule has 0 unspecified atom stereocenters. The van der Waals surface area contributed by atoms with E-state index in [-0.39, 0.29) is 30.5 Å². The van der Waals surface area contributed by atoms with Gasteiger partial charge >= 0.3 is 0 Å². The molecular formula is C28H35N7O3. The summed E-state index contributed by atoms with van der Waals surface area (Å²) in [5.41, 5.74) is 5.46. The number of nitrogens with one attached hydrogen (secondary N) is 3. The maximum Gasteiger partial charge on any atom is 0.264 e. The van der Waals surface area contributed by atoms with Gasteiger partial charge in [0, 0.05) is 50.5 Å². The lowest BCUT2D eigenvalue weighted by Gasteiger charge is -2.31. The average Bonchev–Trinajstić information content (AvgIpc) is 3.36. The smallest absolute Gasteiger partial charge is 0.264 e. The number of benzene rings is 2. The minimum atomic E-state index is -0.254. The van der Waals surface area contributed by atoms with Crippen molar-refractivity contribution in [3.05, 3.63) is 81.6 Å². The molecule has 10 heteroatoms. The van der Waals surface area contributed by atoms with E-state index in [0.29, 0.717) is 31.9 Å². The van der Waals surface area contributed by atoms with E-state index in [9.17, 15) is 14.4 Å². The SMILES string of the molecule is CCNCCN(CC(=O)N(C)N1Cc2ccccc2C1)C(=O)CNc1ccc(-c2ccc(=O)[nH]n2)cc1C. The molecule has 1 aliphatic rings. The Morgan fingerprint density at radius 3 is 2.42 bits per heavy atom. The van der Waals surface area contributed by atoms with Crippen LogP contribution < -0.4 is 16.2 Å². The number of aromatic amines is 1. The van der Waals surface area contributed by atoms with Crippen molar-refractivity contribution in [2.75, 3.05) is 45.1 Å². The van der Waals surface area contributed by atoms with Gasteiger partial charge in [0.15, 0.2) is 0 Å². The molecule has 4 rings (SSSR count). The van der Waals surface area contributed by atoms with Crippen LogP contribution >= 0.6 is 0 Å². The van der Waals surface area contributed by atoms with Crippen molar-refractivity contribution in [2.24, 2.45) is 0 Å². The number of likely N-dealkylation sites (N-methyl/N-ethyl adjacent to an activating group) is 2. The second kappa shape index (κ2) is 12.5. The first kappa shape index (κ1) is 27.0. The Bertz CT molecular complexity index is 1290. The van der Waals surface area contributed by atoms with Crippen LogP contribution in [0.1, 0.15) is 23.6 Å². The highest BCUT2D eigenvalue weighted by molar-refractivity contribution is 5.87. The van der Waals surface area contributed by atoms with Crippen LogP contribution in [0.4, 0.5) is 5.69 Å². The molecule has 10 nitrogen and oxygen atoms in total. The van der Waals surface area contributed by atoms with Gasteiger partial charge in [-0.05, 0) is 48.4 Å². The molecule has 0 spiro atoms. The zero-order valence-corrected chi connectivity index (χ0v) is 22.2. The van der Waals surface area contributed by atoms with Crippen LogP contribution in [0.25, 0.3) is 11.3 Å². The lowest BCUT2D eigenvalue weighted by molar-refractivity contribution is -0.151. The number of H-pyrrole nitrogens is 1. The number of carbonyl (C=O) groups is 2. The van der Waals surface area contributed by atoms with E-state index in [0.717, 1.165) is 23.4 Å². The van der Waals surface area contributed by atoms with E-state index in [4.69, 9.17) is 0 Å². The largest absolute Gasteiger partial charge is 0.376 e. The van der Waals surface area contributed by atoms with Gasteiger partial charge in [-0.2, -0.15) is 5.10 Å². The van der Waals surface area contributed by atoms with Crippen molar-refractivity contribution >= 4 is 17.5 Å². The number of amides is 2. The fourth-order valence-electron chi connectivity index (χ4n) is 4.44. The quantitative estimate of drug-likeness (QED) is 0.333. The second-order valence-corrected chi connectivity index (χ2v) is 9.37. The van der Waals surface area contributed by atoms with Gasteiger partial charge in [-0.25, -0.2) is 10.1 Å². The van der Waals surface area contributed by atoms with Crippen LogP contribution in [0.5, 0.6) is 0 Å². The molecule has 2 heterocycles. The third-order valence-electron chi connectivity index (χ3n) is 6.73. The summed E-state index contributed by atoms with van der Waals surface area (Å²) in [4.78, 5) is 39.3. The predicted octanol–water partition coefficient (Wildman–Crippen LogP) is 1.98. The average molecular weight is 518 g/mol. The molecule has 0 bridgehead atoms. The van der Waals surface area contributed by atoms with Crippen molar-refractivity contribution in [1.82, 2.24) is 30.4 Å². The Kier molecular flexibility index (Phi) is 8.88. The molecule has 0 radical (unpaired) electrons. The number of fused-ring (bicyclic) bond motifs is 1. The maximum absolute atomic E-state index is 13.2. The number of aromatic nitrogens is 2. The van der Waals surface area contributed by atoms with Crippen LogP contribution in [0.2, 0.25) is 0 Å². The molecule has 0 fully saturated rings. The lowest BCUT2D eigenvalue weighted by Crippen LogP contribution is -2.49. The Labute approximate surface area is 222 Å². The van der Waals surface area contributed by atoms with E-state index >= 15 is 0 Å². The number of anilines is 1. The van der Waals surface area contributed by atoms with Crippen molar-refractivity contribution < 1.29 is 9.59 Å². The number of hydrogen-bond donors (Lipinski definition) is 3. The van der Waals surface area contributed by atoms with Gasteiger partial charge in [0.1, 0.15) is 6.54 Å². The van der Waals surface area contributed by atoms with Crippen LogP contribution in [0.15, 0.2) is 59.4 Å². The zero-order chi connectivity index (χ0) is 27.1. The predicted molar refractivity (Wildman–Crippen MR) is 147 cm³/mol. The number of hydrazine groups is 1. The van der Waals surface area contributed by atoms with Crippen LogP contribution in [-0.2, 0) is 22.7 Å². The van der Waals surface area contributed by atoms with Gasteiger partial charge in [-0.15, -0.1) is 0 Å². The first-order valence-electron chi connectivity index (χ1n) is 12.8. The minimum absolute atomic E-state index is 0.00501. The number of carbonyl (C=O) groups excluding carboxylic acids is 2. The number of rotatable bonds is 11. The van der Waals surface area contributed by atoms with Crippen molar-refractivity contribution in [3.63, 3.8) is 0 Å². The molecule has 0 saturated carbocycles. The first-order valence-corrected chi connectivity index (χ1v) is 12.8. The summed E-state index contributed by atoms with van der Waals surface area (Å²) in [5.74, 6) is -0.281.